The minimum atomic E-state index is -0.427. The van der Waals surface area contributed by atoms with Crippen LogP contribution in [0.25, 0.3) is 0 Å². The Morgan fingerprint density at radius 2 is 2.05 bits per heavy atom. The minimum Gasteiger partial charge on any atom is -0.370 e. The number of nitrogens with one attached hydrogen (secondary N) is 1. The first-order chi connectivity index (χ1) is 9.01. The summed E-state index contributed by atoms with van der Waals surface area (Å²) in [6.07, 6.45) is 1.60. The summed E-state index contributed by atoms with van der Waals surface area (Å²) in [5.74, 6) is -0.847. The Labute approximate surface area is 112 Å². The van der Waals surface area contributed by atoms with Gasteiger partial charge in [-0.2, -0.15) is 5.26 Å². The van der Waals surface area contributed by atoms with E-state index in [-0.39, 0.29) is 18.2 Å². The molecule has 0 heterocycles. The number of hydrogen-bond acceptors (Lipinski definition) is 3. The first-order valence-corrected chi connectivity index (χ1v) is 5.91. The molecule has 0 saturated carbocycles. The number of rotatable bonds is 6. The molecule has 1 unspecified atom stereocenters. The Morgan fingerprint density at radius 1 is 1.42 bits per heavy atom. The van der Waals surface area contributed by atoms with Crippen LogP contribution in [0, 0.1) is 23.7 Å². The normalized spacial score (nSPS) is 11.4. The van der Waals surface area contributed by atoms with E-state index >= 15 is 0 Å². The van der Waals surface area contributed by atoms with Crippen LogP contribution >= 0.6 is 0 Å². The Hall–Kier alpha value is -2.35. The zero-order chi connectivity index (χ0) is 14.3. The molecule has 0 aliphatic heterocycles. The molecular formula is C14H16N3O2. The van der Waals surface area contributed by atoms with Crippen LogP contribution < -0.4 is 11.1 Å². The van der Waals surface area contributed by atoms with Gasteiger partial charge in [-0.05, 0) is 23.6 Å². The maximum Gasteiger partial charge on any atom is 0.224 e. The SMILES string of the molecule is CC([CH]C(=O)NCc1ccc(C#N)cc1)CC(N)=O. The highest BCUT2D eigenvalue weighted by molar-refractivity contribution is 5.86. The van der Waals surface area contributed by atoms with Gasteiger partial charge in [0.2, 0.25) is 11.8 Å². The topological polar surface area (TPSA) is 96.0 Å². The fourth-order valence-corrected chi connectivity index (χ4v) is 1.58. The average molecular weight is 258 g/mol. The van der Waals surface area contributed by atoms with Gasteiger partial charge in [-0.1, -0.05) is 19.1 Å². The van der Waals surface area contributed by atoms with E-state index in [2.05, 4.69) is 5.32 Å². The second-order valence-electron chi connectivity index (χ2n) is 4.34. The van der Waals surface area contributed by atoms with Crippen molar-refractivity contribution in [2.75, 3.05) is 0 Å². The number of nitriles is 1. The molecule has 1 aromatic rings. The Kier molecular flexibility index (Phi) is 5.55. The van der Waals surface area contributed by atoms with Crippen LogP contribution in [0.2, 0.25) is 0 Å². The van der Waals surface area contributed by atoms with E-state index in [1.165, 1.54) is 6.42 Å². The van der Waals surface area contributed by atoms with Gasteiger partial charge < -0.3 is 11.1 Å². The van der Waals surface area contributed by atoms with Crippen LogP contribution in [0.1, 0.15) is 24.5 Å². The van der Waals surface area contributed by atoms with Crippen LogP contribution in [0.3, 0.4) is 0 Å². The largest absolute Gasteiger partial charge is 0.370 e. The van der Waals surface area contributed by atoms with Gasteiger partial charge in [0.05, 0.1) is 18.1 Å². The molecule has 0 bridgehead atoms. The molecule has 0 aliphatic carbocycles. The lowest BCUT2D eigenvalue weighted by Gasteiger charge is -2.09. The zero-order valence-corrected chi connectivity index (χ0v) is 10.7. The highest BCUT2D eigenvalue weighted by atomic mass is 16.2. The van der Waals surface area contributed by atoms with Crippen molar-refractivity contribution in [3.05, 3.63) is 41.8 Å². The van der Waals surface area contributed by atoms with Crippen molar-refractivity contribution in [3.8, 4) is 6.07 Å². The maximum atomic E-state index is 11.6. The molecule has 5 heteroatoms. The molecule has 5 nitrogen and oxygen atoms in total. The predicted molar refractivity (Wildman–Crippen MR) is 70.3 cm³/mol. The fourth-order valence-electron chi connectivity index (χ4n) is 1.58. The van der Waals surface area contributed by atoms with E-state index in [1.54, 1.807) is 31.2 Å². The van der Waals surface area contributed by atoms with Crippen molar-refractivity contribution in [1.29, 1.82) is 5.26 Å². The van der Waals surface area contributed by atoms with Gasteiger partial charge in [0.15, 0.2) is 0 Å². The monoisotopic (exact) mass is 258 g/mol. The summed E-state index contributed by atoms with van der Waals surface area (Å²) in [7, 11) is 0. The first-order valence-electron chi connectivity index (χ1n) is 5.91. The number of nitrogens with zero attached hydrogens (tertiary/aromatic N) is 1. The highest BCUT2D eigenvalue weighted by Gasteiger charge is 2.11. The van der Waals surface area contributed by atoms with Gasteiger partial charge >= 0.3 is 0 Å². The molecule has 2 amide bonds. The lowest BCUT2D eigenvalue weighted by Crippen LogP contribution is -2.26. The number of benzene rings is 1. The first kappa shape index (κ1) is 14.7. The van der Waals surface area contributed by atoms with Crippen LogP contribution in [-0.4, -0.2) is 11.8 Å². The van der Waals surface area contributed by atoms with E-state index in [9.17, 15) is 9.59 Å². The fraction of sp³-hybridized carbons (Fsp3) is 0.286. The third-order valence-electron chi connectivity index (χ3n) is 2.51. The molecule has 1 rings (SSSR count). The molecule has 0 spiro atoms. The summed E-state index contributed by atoms with van der Waals surface area (Å²) in [4.78, 5) is 22.2. The Balaban J connectivity index is 2.37. The van der Waals surface area contributed by atoms with Crippen LogP contribution in [0.4, 0.5) is 0 Å². The number of carbonyl (C=O) groups excluding carboxylic acids is 2. The number of nitrogens with two attached hydrogens (primary N) is 1. The lowest BCUT2D eigenvalue weighted by molar-refractivity contribution is -0.119. The van der Waals surface area contributed by atoms with Gasteiger partial charge in [-0.25, -0.2) is 0 Å². The highest BCUT2D eigenvalue weighted by Crippen LogP contribution is 2.06. The Morgan fingerprint density at radius 3 is 2.58 bits per heavy atom. The summed E-state index contributed by atoms with van der Waals surface area (Å²) in [5, 5.41) is 11.4. The van der Waals surface area contributed by atoms with Crippen molar-refractivity contribution in [2.24, 2.45) is 11.7 Å². The van der Waals surface area contributed by atoms with Crippen molar-refractivity contribution in [2.45, 2.75) is 19.9 Å². The van der Waals surface area contributed by atoms with Crippen LogP contribution in [0.5, 0.6) is 0 Å². The third-order valence-corrected chi connectivity index (χ3v) is 2.51. The number of primary amides is 1. The molecule has 0 saturated heterocycles. The summed E-state index contributed by atoms with van der Waals surface area (Å²) < 4.78 is 0. The molecule has 99 valence electrons. The molecule has 1 radical (unpaired) electrons. The van der Waals surface area contributed by atoms with Crippen molar-refractivity contribution in [3.63, 3.8) is 0 Å². The second-order valence-corrected chi connectivity index (χ2v) is 4.34. The quantitative estimate of drug-likeness (QED) is 0.793. The number of amides is 2. The third kappa shape index (κ3) is 5.68. The molecule has 19 heavy (non-hydrogen) atoms. The maximum absolute atomic E-state index is 11.6. The average Bonchev–Trinajstić information content (AvgIpc) is 2.36. The van der Waals surface area contributed by atoms with E-state index in [0.717, 1.165) is 5.56 Å². The van der Waals surface area contributed by atoms with Crippen LogP contribution in [0.15, 0.2) is 24.3 Å². The lowest BCUT2D eigenvalue weighted by atomic mass is 10.0. The molecule has 0 fully saturated rings. The van der Waals surface area contributed by atoms with Gasteiger partial charge in [0.1, 0.15) is 0 Å². The number of hydrogen-bond donors (Lipinski definition) is 2. The summed E-state index contributed by atoms with van der Waals surface area (Å²) in [5.41, 5.74) is 6.53. The smallest absolute Gasteiger partial charge is 0.224 e. The van der Waals surface area contributed by atoms with E-state index in [4.69, 9.17) is 11.0 Å². The van der Waals surface area contributed by atoms with Crippen molar-refractivity contribution in [1.82, 2.24) is 5.32 Å². The predicted octanol–water partition coefficient (Wildman–Crippen LogP) is 0.890. The summed E-state index contributed by atoms with van der Waals surface area (Å²) >= 11 is 0. The molecular weight excluding hydrogens is 242 g/mol. The molecule has 0 aliphatic rings. The van der Waals surface area contributed by atoms with Gasteiger partial charge in [-0.15, -0.1) is 0 Å². The van der Waals surface area contributed by atoms with E-state index in [1.807, 2.05) is 6.07 Å². The minimum absolute atomic E-state index is 0.157. The molecule has 1 aromatic carbocycles. The van der Waals surface area contributed by atoms with E-state index in [0.29, 0.717) is 12.1 Å². The van der Waals surface area contributed by atoms with Gasteiger partial charge in [0, 0.05) is 13.0 Å². The van der Waals surface area contributed by atoms with Gasteiger partial charge in [0.25, 0.3) is 0 Å². The molecule has 0 aromatic heterocycles. The summed E-state index contributed by atoms with van der Waals surface area (Å²) in [6, 6.07) is 8.98. The van der Waals surface area contributed by atoms with Gasteiger partial charge in [-0.3, -0.25) is 9.59 Å². The zero-order valence-electron chi connectivity index (χ0n) is 10.7. The molecule has 3 N–H and O–H groups in total. The molecule has 1 atom stereocenters. The Bertz CT molecular complexity index is 488. The number of carbonyl (C=O) groups is 2. The van der Waals surface area contributed by atoms with E-state index < -0.39 is 5.91 Å². The summed E-state index contributed by atoms with van der Waals surface area (Å²) in [6.45, 7) is 2.14. The standard InChI is InChI=1S/C14H16N3O2/c1-10(6-13(16)18)7-14(19)17-9-12-4-2-11(8-15)3-5-12/h2-5,7,10H,6,9H2,1H3,(H2,16,18)(H,17,19). The second kappa shape index (κ2) is 7.17. The van der Waals surface area contributed by atoms with Crippen molar-refractivity contribution >= 4 is 11.8 Å². The van der Waals surface area contributed by atoms with Crippen LogP contribution in [-0.2, 0) is 16.1 Å². The van der Waals surface area contributed by atoms with Crippen molar-refractivity contribution < 1.29 is 9.59 Å².